The van der Waals surface area contributed by atoms with E-state index >= 15 is 0 Å². The number of rotatable bonds is 6. The van der Waals surface area contributed by atoms with Crippen LogP contribution in [0.2, 0.25) is 0 Å². The second-order valence-corrected chi connectivity index (χ2v) is 10.7. The van der Waals surface area contributed by atoms with E-state index in [0.717, 1.165) is 34.4 Å². The minimum Gasteiger partial charge on any atom is -0.377 e. The van der Waals surface area contributed by atoms with Crippen molar-refractivity contribution in [2.75, 3.05) is 49.6 Å². The van der Waals surface area contributed by atoms with E-state index in [1.807, 2.05) is 17.0 Å². The molecule has 0 radical (unpaired) electrons. The molecule has 2 aliphatic rings. The van der Waals surface area contributed by atoms with Crippen molar-refractivity contribution >= 4 is 34.5 Å². The Hall–Kier alpha value is -5.50. The SMILES string of the molecule is Cc1c(N2CCN(C(=O)c3cc(C#N)n[nH]3)CC2)c(=O)n2nc(C3=CCOCC3)nc2n1CC(=O)Nc1ccc(C(F)(F)F)cc1. The molecule has 1 saturated heterocycles. The molecule has 17 heteroatoms. The molecule has 2 N–H and O–H groups in total. The average Bonchev–Trinajstić information content (AvgIpc) is 3.72. The molecule has 0 atom stereocenters. The summed E-state index contributed by atoms with van der Waals surface area (Å²) in [4.78, 5) is 48.1. The second kappa shape index (κ2) is 12.1. The number of amides is 2. The molecule has 4 aromatic rings. The van der Waals surface area contributed by atoms with E-state index in [2.05, 4.69) is 25.6 Å². The molecule has 14 nitrogen and oxygen atoms in total. The van der Waals surface area contributed by atoms with Crippen molar-refractivity contribution in [1.29, 1.82) is 5.26 Å². The van der Waals surface area contributed by atoms with Crippen LogP contribution >= 0.6 is 0 Å². The van der Waals surface area contributed by atoms with Gasteiger partial charge in [0.05, 0.1) is 18.8 Å². The fraction of sp³-hybridized carbons (Fsp3) is 0.345. The second-order valence-electron chi connectivity index (χ2n) is 10.7. The summed E-state index contributed by atoms with van der Waals surface area (Å²) in [6.07, 6.45) is -2.15. The summed E-state index contributed by atoms with van der Waals surface area (Å²) in [6, 6.07) is 7.33. The van der Waals surface area contributed by atoms with Crippen LogP contribution in [0.1, 0.15) is 39.7 Å². The molecular formula is C29H27F3N10O4. The Morgan fingerprint density at radius 1 is 1.15 bits per heavy atom. The van der Waals surface area contributed by atoms with Gasteiger partial charge in [0, 0.05) is 43.6 Å². The minimum absolute atomic E-state index is 0.0949. The molecule has 2 amide bonds. The Bertz CT molecular complexity index is 1940. The first-order valence-corrected chi connectivity index (χ1v) is 14.3. The summed E-state index contributed by atoms with van der Waals surface area (Å²) in [7, 11) is 0. The van der Waals surface area contributed by atoms with Gasteiger partial charge in [-0.1, -0.05) is 6.08 Å². The Kier molecular flexibility index (Phi) is 8.04. The van der Waals surface area contributed by atoms with Gasteiger partial charge in [0.25, 0.3) is 11.5 Å². The number of carbonyl (C=O) groups is 2. The highest BCUT2D eigenvalue weighted by molar-refractivity contribution is 5.93. The highest BCUT2D eigenvalue weighted by Crippen LogP contribution is 2.30. The van der Waals surface area contributed by atoms with Crippen LogP contribution in [-0.4, -0.2) is 85.5 Å². The van der Waals surface area contributed by atoms with Crippen LogP contribution < -0.4 is 15.8 Å². The molecule has 46 heavy (non-hydrogen) atoms. The number of aromatic nitrogens is 6. The standard InChI is InChI=1S/C29H27F3N10O4/c1-17-24(39-8-10-40(11-9-39)26(44)22-14-21(15-33)36-37-22)27(45)42-28(35-25(38-42)18-6-12-46-13-7-18)41(17)16-23(43)34-20-4-2-19(3-5-20)29(30,31)32/h2-6,14H,7-13,16H2,1H3,(H,34,43)(H,36,37). The third kappa shape index (κ3) is 5.94. The number of anilines is 2. The molecule has 0 bridgehead atoms. The number of alkyl halides is 3. The number of benzene rings is 1. The third-order valence-corrected chi connectivity index (χ3v) is 7.83. The maximum Gasteiger partial charge on any atom is 0.416 e. The summed E-state index contributed by atoms with van der Waals surface area (Å²) >= 11 is 0. The van der Waals surface area contributed by atoms with Crippen LogP contribution in [0.25, 0.3) is 11.4 Å². The van der Waals surface area contributed by atoms with Crippen molar-refractivity contribution in [1.82, 2.24) is 34.3 Å². The minimum atomic E-state index is -4.51. The number of fused-ring (bicyclic) bond motifs is 1. The van der Waals surface area contributed by atoms with Gasteiger partial charge in [0.1, 0.15) is 24.0 Å². The number of carbonyl (C=O) groups excluding carboxylic acids is 2. The number of nitrogens with one attached hydrogen (secondary N) is 2. The third-order valence-electron chi connectivity index (χ3n) is 7.83. The van der Waals surface area contributed by atoms with E-state index in [1.54, 1.807) is 11.8 Å². The predicted molar refractivity (Wildman–Crippen MR) is 157 cm³/mol. The van der Waals surface area contributed by atoms with Crippen molar-refractivity contribution in [2.24, 2.45) is 0 Å². The Labute approximate surface area is 258 Å². The number of hydrogen-bond donors (Lipinski definition) is 2. The summed E-state index contributed by atoms with van der Waals surface area (Å²) < 4.78 is 47.1. The number of hydrogen-bond acceptors (Lipinski definition) is 9. The first-order chi connectivity index (χ1) is 22.0. The lowest BCUT2D eigenvalue weighted by atomic mass is 10.1. The zero-order valence-electron chi connectivity index (χ0n) is 24.5. The van der Waals surface area contributed by atoms with Gasteiger partial charge in [-0.05, 0) is 43.2 Å². The number of ether oxygens (including phenoxy) is 1. The van der Waals surface area contributed by atoms with Gasteiger partial charge in [-0.25, -0.2) is 0 Å². The number of nitrogens with zero attached hydrogens (tertiary/aromatic N) is 8. The van der Waals surface area contributed by atoms with E-state index in [4.69, 9.17) is 10.00 Å². The molecule has 0 aliphatic carbocycles. The lowest BCUT2D eigenvalue weighted by molar-refractivity contribution is -0.137. The van der Waals surface area contributed by atoms with Gasteiger partial charge in [-0.3, -0.25) is 19.5 Å². The van der Waals surface area contributed by atoms with Crippen LogP contribution in [0.15, 0.2) is 41.2 Å². The lowest BCUT2D eigenvalue weighted by Crippen LogP contribution is -2.50. The molecule has 2 aliphatic heterocycles. The van der Waals surface area contributed by atoms with Gasteiger partial charge in [0.2, 0.25) is 11.7 Å². The fourth-order valence-electron chi connectivity index (χ4n) is 5.45. The zero-order valence-corrected chi connectivity index (χ0v) is 24.5. The molecular weight excluding hydrogens is 609 g/mol. The maximum atomic E-state index is 13.9. The average molecular weight is 637 g/mol. The van der Waals surface area contributed by atoms with Gasteiger partial charge in [-0.2, -0.15) is 33.0 Å². The molecule has 1 fully saturated rings. The summed E-state index contributed by atoms with van der Waals surface area (Å²) in [6.45, 7) is 3.29. The molecule has 0 spiro atoms. The first kappa shape index (κ1) is 30.5. The van der Waals surface area contributed by atoms with Gasteiger partial charge >= 0.3 is 6.18 Å². The highest BCUT2D eigenvalue weighted by Gasteiger charge is 2.31. The van der Waals surface area contributed by atoms with E-state index in [1.165, 1.54) is 10.6 Å². The lowest BCUT2D eigenvalue weighted by Gasteiger charge is -2.36. The largest absolute Gasteiger partial charge is 0.416 e. The number of aromatic amines is 1. The van der Waals surface area contributed by atoms with Crippen LogP contribution in [0, 0.1) is 18.3 Å². The Morgan fingerprint density at radius 2 is 1.89 bits per heavy atom. The monoisotopic (exact) mass is 636 g/mol. The van der Waals surface area contributed by atoms with E-state index in [0.29, 0.717) is 31.2 Å². The molecule has 5 heterocycles. The van der Waals surface area contributed by atoms with Crippen molar-refractivity contribution in [3.8, 4) is 6.07 Å². The van der Waals surface area contributed by atoms with Crippen LogP contribution in [0.3, 0.4) is 0 Å². The molecule has 0 saturated carbocycles. The molecule has 1 aromatic carbocycles. The van der Waals surface area contributed by atoms with E-state index in [-0.39, 0.29) is 67.2 Å². The van der Waals surface area contributed by atoms with Crippen molar-refractivity contribution in [3.05, 3.63) is 75.2 Å². The smallest absolute Gasteiger partial charge is 0.377 e. The predicted octanol–water partition coefficient (Wildman–Crippen LogP) is 2.22. The summed E-state index contributed by atoms with van der Waals surface area (Å²) in [5.74, 6) is -0.442. The van der Waals surface area contributed by atoms with Crippen molar-refractivity contribution in [3.63, 3.8) is 0 Å². The number of piperazine rings is 1. The quantitative estimate of drug-likeness (QED) is 0.323. The Balaban J connectivity index is 1.30. The van der Waals surface area contributed by atoms with Gasteiger partial charge in [0.15, 0.2) is 11.5 Å². The van der Waals surface area contributed by atoms with Crippen LogP contribution in [0.4, 0.5) is 24.5 Å². The van der Waals surface area contributed by atoms with Crippen LogP contribution in [0.5, 0.6) is 0 Å². The normalized spacial score (nSPS) is 15.5. The number of nitriles is 1. The molecule has 0 unspecified atom stereocenters. The number of halogens is 3. The van der Waals surface area contributed by atoms with E-state index < -0.39 is 23.2 Å². The molecule has 6 rings (SSSR count). The topological polar surface area (TPSA) is 167 Å². The summed E-state index contributed by atoms with van der Waals surface area (Å²) in [5, 5.41) is 22.5. The first-order valence-electron chi connectivity index (χ1n) is 14.3. The fourth-order valence-corrected chi connectivity index (χ4v) is 5.45. The molecule has 3 aromatic heterocycles. The maximum absolute atomic E-state index is 13.9. The van der Waals surface area contributed by atoms with Crippen LogP contribution in [-0.2, 0) is 22.3 Å². The molecule has 238 valence electrons. The van der Waals surface area contributed by atoms with Gasteiger partial charge < -0.3 is 24.4 Å². The van der Waals surface area contributed by atoms with Crippen molar-refractivity contribution in [2.45, 2.75) is 26.1 Å². The summed E-state index contributed by atoms with van der Waals surface area (Å²) in [5.41, 5.74) is 0.635. The van der Waals surface area contributed by atoms with Crippen molar-refractivity contribution < 1.29 is 27.5 Å². The highest BCUT2D eigenvalue weighted by atomic mass is 19.4. The van der Waals surface area contributed by atoms with E-state index in [9.17, 15) is 27.6 Å². The number of H-pyrrole nitrogens is 1. The zero-order chi connectivity index (χ0) is 32.6. The van der Waals surface area contributed by atoms with Gasteiger partial charge in [-0.15, -0.1) is 5.10 Å². The Morgan fingerprint density at radius 3 is 2.52 bits per heavy atom.